The average molecular weight is 279 g/mol. The van der Waals surface area contributed by atoms with E-state index in [2.05, 4.69) is 9.80 Å². The van der Waals surface area contributed by atoms with Gasteiger partial charge >= 0.3 is 6.18 Å². The molecule has 0 unspecified atom stereocenters. The first-order chi connectivity index (χ1) is 8.95. The Bertz CT molecular complexity index is 267. The first-order valence-corrected chi connectivity index (χ1v) is 7.22. The van der Waals surface area contributed by atoms with Gasteiger partial charge in [-0.2, -0.15) is 13.2 Å². The van der Waals surface area contributed by atoms with Crippen LogP contribution < -0.4 is 5.73 Å². The predicted molar refractivity (Wildman–Crippen MR) is 68.9 cm³/mol. The molecule has 0 saturated carbocycles. The summed E-state index contributed by atoms with van der Waals surface area (Å²) in [5.41, 5.74) is 5.85. The van der Waals surface area contributed by atoms with E-state index in [-0.39, 0.29) is 12.8 Å². The highest BCUT2D eigenvalue weighted by Crippen LogP contribution is 2.33. The van der Waals surface area contributed by atoms with Gasteiger partial charge in [0.05, 0.1) is 5.92 Å². The minimum Gasteiger partial charge on any atom is -0.328 e. The summed E-state index contributed by atoms with van der Waals surface area (Å²) in [5.74, 6) is -1.09. The third kappa shape index (κ3) is 4.61. The van der Waals surface area contributed by atoms with Crippen LogP contribution in [-0.4, -0.2) is 61.3 Å². The highest BCUT2D eigenvalue weighted by molar-refractivity contribution is 4.79. The Hall–Kier alpha value is -0.330. The highest BCUT2D eigenvalue weighted by Gasteiger charge is 2.40. The number of nitrogens with zero attached hydrogens (tertiary/aromatic N) is 2. The second kappa shape index (κ2) is 6.41. The van der Waals surface area contributed by atoms with Crippen molar-refractivity contribution in [2.75, 3.05) is 39.3 Å². The minimum atomic E-state index is -4.00. The number of halogens is 3. The molecule has 112 valence electrons. The molecule has 0 aromatic heterocycles. The molecule has 0 atom stereocenters. The summed E-state index contributed by atoms with van der Waals surface area (Å²) in [7, 11) is 0. The van der Waals surface area contributed by atoms with Gasteiger partial charge in [-0.05, 0) is 51.9 Å². The first kappa shape index (κ1) is 15.1. The summed E-state index contributed by atoms with van der Waals surface area (Å²) >= 11 is 0. The Labute approximate surface area is 112 Å². The second-order valence-electron chi connectivity index (χ2n) is 5.84. The van der Waals surface area contributed by atoms with E-state index in [0.29, 0.717) is 19.1 Å². The van der Waals surface area contributed by atoms with Crippen LogP contribution in [0.4, 0.5) is 13.2 Å². The van der Waals surface area contributed by atoms with Crippen molar-refractivity contribution < 1.29 is 13.2 Å². The maximum atomic E-state index is 12.5. The van der Waals surface area contributed by atoms with Gasteiger partial charge in [-0.1, -0.05) is 0 Å². The van der Waals surface area contributed by atoms with Crippen molar-refractivity contribution in [3.8, 4) is 0 Å². The maximum Gasteiger partial charge on any atom is 0.391 e. The number of likely N-dealkylation sites (tertiary alicyclic amines) is 2. The summed E-state index contributed by atoms with van der Waals surface area (Å²) in [6.07, 6.45) is -1.41. The highest BCUT2D eigenvalue weighted by atomic mass is 19.4. The molecule has 2 saturated heterocycles. The molecule has 0 radical (unpaired) electrons. The standard InChI is InChI=1S/C13H24F3N3/c14-13(15,16)11-1-5-18(6-2-11)9-10-19-7-3-12(17)4-8-19/h11-12H,1-10,17H2. The molecule has 0 amide bonds. The zero-order valence-corrected chi connectivity index (χ0v) is 11.3. The van der Waals surface area contributed by atoms with Crippen molar-refractivity contribution in [2.24, 2.45) is 11.7 Å². The summed E-state index contributed by atoms with van der Waals surface area (Å²) in [6.45, 7) is 5.07. The van der Waals surface area contributed by atoms with Crippen molar-refractivity contribution in [2.45, 2.75) is 37.9 Å². The summed E-state index contributed by atoms with van der Waals surface area (Å²) < 4.78 is 37.6. The number of hydrogen-bond acceptors (Lipinski definition) is 3. The molecule has 0 aromatic rings. The molecule has 2 rings (SSSR count). The van der Waals surface area contributed by atoms with Gasteiger partial charge in [0.15, 0.2) is 0 Å². The lowest BCUT2D eigenvalue weighted by atomic mass is 9.96. The van der Waals surface area contributed by atoms with Gasteiger partial charge in [0.1, 0.15) is 0 Å². The number of hydrogen-bond donors (Lipinski definition) is 1. The monoisotopic (exact) mass is 279 g/mol. The van der Waals surface area contributed by atoms with E-state index in [0.717, 1.165) is 39.0 Å². The van der Waals surface area contributed by atoms with Gasteiger partial charge in [-0.3, -0.25) is 0 Å². The number of piperidine rings is 2. The quantitative estimate of drug-likeness (QED) is 0.853. The summed E-state index contributed by atoms with van der Waals surface area (Å²) in [4.78, 5) is 4.54. The van der Waals surface area contributed by atoms with Crippen molar-refractivity contribution in [1.29, 1.82) is 0 Å². The van der Waals surface area contributed by atoms with Crippen LogP contribution in [-0.2, 0) is 0 Å². The van der Waals surface area contributed by atoms with Crippen molar-refractivity contribution in [3.05, 3.63) is 0 Å². The van der Waals surface area contributed by atoms with Gasteiger partial charge in [0.2, 0.25) is 0 Å². The molecule has 6 heteroatoms. The zero-order valence-electron chi connectivity index (χ0n) is 11.3. The zero-order chi connectivity index (χ0) is 13.9. The van der Waals surface area contributed by atoms with E-state index in [1.54, 1.807) is 0 Å². The number of rotatable bonds is 3. The predicted octanol–water partition coefficient (Wildman–Crippen LogP) is 1.68. The molecular weight excluding hydrogens is 255 g/mol. The Kier molecular flexibility index (Phi) is 5.09. The third-order valence-corrected chi connectivity index (χ3v) is 4.42. The van der Waals surface area contributed by atoms with Gasteiger partial charge in [-0.15, -0.1) is 0 Å². The Morgan fingerprint density at radius 1 is 0.842 bits per heavy atom. The van der Waals surface area contributed by atoms with Crippen LogP contribution in [0.25, 0.3) is 0 Å². The van der Waals surface area contributed by atoms with E-state index >= 15 is 0 Å². The molecule has 2 aliphatic rings. The molecule has 2 heterocycles. The second-order valence-corrected chi connectivity index (χ2v) is 5.84. The van der Waals surface area contributed by atoms with E-state index in [1.807, 2.05) is 0 Å². The molecule has 0 aromatic carbocycles. The Balaban J connectivity index is 1.63. The fourth-order valence-electron chi connectivity index (χ4n) is 2.94. The van der Waals surface area contributed by atoms with E-state index < -0.39 is 12.1 Å². The number of nitrogens with two attached hydrogens (primary N) is 1. The molecule has 0 bridgehead atoms. The summed E-state index contributed by atoms with van der Waals surface area (Å²) in [6, 6.07) is 0.332. The fraction of sp³-hybridized carbons (Fsp3) is 1.00. The molecule has 0 aliphatic carbocycles. The van der Waals surface area contributed by atoms with E-state index in [4.69, 9.17) is 5.73 Å². The Morgan fingerprint density at radius 3 is 1.68 bits per heavy atom. The van der Waals surface area contributed by atoms with Gasteiger partial charge < -0.3 is 15.5 Å². The van der Waals surface area contributed by atoms with Gasteiger partial charge in [0.25, 0.3) is 0 Å². The normalized spacial score (nSPS) is 25.9. The van der Waals surface area contributed by atoms with Crippen LogP contribution in [0.3, 0.4) is 0 Å². The Morgan fingerprint density at radius 2 is 1.26 bits per heavy atom. The maximum absolute atomic E-state index is 12.5. The lowest BCUT2D eigenvalue weighted by Crippen LogP contribution is -2.45. The SMILES string of the molecule is NC1CCN(CCN2CCC(C(F)(F)F)CC2)CC1. The van der Waals surface area contributed by atoms with Gasteiger partial charge in [0, 0.05) is 19.1 Å². The van der Waals surface area contributed by atoms with E-state index in [1.165, 1.54) is 0 Å². The number of alkyl halides is 3. The largest absolute Gasteiger partial charge is 0.391 e. The van der Waals surface area contributed by atoms with Crippen LogP contribution >= 0.6 is 0 Å². The van der Waals surface area contributed by atoms with Gasteiger partial charge in [-0.25, -0.2) is 0 Å². The minimum absolute atomic E-state index is 0.258. The first-order valence-electron chi connectivity index (χ1n) is 7.22. The fourth-order valence-corrected chi connectivity index (χ4v) is 2.94. The van der Waals surface area contributed by atoms with Crippen molar-refractivity contribution in [1.82, 2.24) is 9.80 Å². The van der Waals surface area contributed by atoms with Crippen LogP contribution in [0.1, 0.15) is 25.7 Å². The third-order valence-electron chi connectivity index (χ3n) is 4.42. The molecule has 19 heavy (non-hydrogen) atoms. The molecule has 0 spiro atoms. The average Bonchev–Trinajstić information content (AvgIpc) is 2.37. The lowest BCUT2D eigenvalue weighted by Gasteiger charge is -2.35. The molecule has 2 fully saturated rings. The smallest absolute Gasteiger partial charge is 0.328 e. The van der Waals surface area contributed by atoms with Crippen LogP contribution in [0.2, 0.25) is 0 Å². The lowest BCUT2D eigenvalue weighted by molar-refractivity contribution is -0.185. The van der Waals surface area contributed by atoms with E-state index in [9.17, 15) is 13.2 Å². The van der Waals surface area contributed by atoms with Crippen LogP contribution in [0.15, 0.2) is 0 Å². The van der Waals surface area contributed by atoms with Crippen molar-refractivity contribution in [3.63, 3.8) is 0 Å². The molecule has 2 N–H and O–H groups in total. The van der Waals surface area contributed by atoms with Crippen LogP contribution in [0.5, 0.6) is 0 Å². The topological polar surface area (TPSA) is 32.5 Å². The van der Waals surface area contributed by atoms with Crippen molar-refractivity contribution >= 4 is 0 Å². The molecule has 3 nitrogen and oxygen atoms in total. The summed E-state index contributed by atoms with van der Waals surface area (Å²) in [5, 5.41) is 0. The van der Waals surface area contributed by atoms with Crippen LogP contribution in [0, 0.1) is 5.92 Å². The molecular formula is C13H24F3N3. The molecule has 2 aliphatic heterocycles.